The van der Waals surface area contributed by atoms with E-state index in [0.29, 0.717) is 18.0 Å². The molecule has 0 fully saturated rings. The fourth-order valence-corrected chi connectivity index (χ4v) is 2.40. The number of rotatable bonds is 9. The van der Waals surface area contributed by atoms with Crippen LogP contribution >= 0.6 is 0 Å². The van der Waals surface area contributed by atoms with Crippen molar-refractivity contribution in [3.05, 3.63) is 47.8 Å². The number of nitrogens with zero attached hydrogens (tertiary/aromatic N) is 2. The first-order chi connectivity index (χ1) is 11.7. The molecule has 0 atom stereocenters. The van der Waals surface area contributed by atoms with Crippen molar-refractivity contribution in [2.75, 3.05) is 6.61 Å². The minimum absolute atomic E-state index is 0.265. The monoisotopic (exact) mass is 326 g/mol. The number of carbonyl (C=O) groups excluding carboxylic acids is 1. The highest BCUT2D eigenvalue weighted by molar-refractivity contribution is 5.89. The fourth-order valence-electron chi connectivity index (χ4n) is 2.40. The van der Waals surface area contributed by atoms with Crippen molar-refractivity contribution in [2.45, 2.75) is 52.4 Å². The fraction of sp³-hybridized carbons (Fsp3) is 0.450. The summed E-state index contributed by atoms with van der Waals surface area (Å²) >= 11 is 0. The average Bonchev–Trinajstić information content (AvgIpc) is 2.64. The quantitative estimate of drug-likeness (QED) is 0.489. The van der Waals surface area contributed by atoms with E-state index in [1.807, 2.05) is 24.5 Å². The molecule has 0 amide bonds. The van der Waals surface area contributed by atoms with Gasteiger partial charge in [0.05, 0.1) is 12.2 Å². The first-order valence-electron chi connectivity index (χ1n) is 8.83. The van der Waals surface area contributed by atoms with Crippen LogP contribution in [0.2, 0.25) is 0 Å². The summed E-state index contributed by atoms with van der Waals surface area (Å²) in [5.74, 6) is 0.405. The highest BCUT2D eigenvalue weighted by Gasteiger charge is 2.08. The van der Waals surface area contributed by atoms with Crippen molar-refractivity contribution in [3.63, 3.8) is 0 Å². The zero-order chi connectivity index (χ0) is 17.2. The average molecular weight is 326 g/mol. The summed E-state index contributed by atoms with van der Waals surface area (Å²) < 4.78 is 5.31. The first-order valence-corrected chi connectivity index (χ1v) is 8.83. The lowest BCUT2D eigenvalue weighted by Gasteiger charge is -2.06. The van der Waals surface area contributed by atoms with Crippen LogP contribution in [0.1, 0.15) is 61.9 Å². The van der Waals surface area contributed by atoms with Gasteiger partial charge in [-0.25, -0.2) is 14.8 Å². The summed E-state index contributed by atoms with van der Waals surface area (Å²) in [5.41, 5.74) is 2.57. The van der Waals surface area contributed by atoms with Crippen molar-refractivity contribution in [1.82, 2.24) is 9.97 Å². The van der Waals surface area contributed by atoms with E-state index in [4.69, 9.17) is 4.74 Å². The third-order valence-electron chi connectivity index (χ3n) is 3.97. The third kappa shape index (κ3) is 5.44. The summed E-state index contributed by atoms with van der Waals surface area (Å²) in [6.07, 6.45) is 10.3. The van der Waals surface area contributed by atoms with Crippen molar-refractivity contribution in [3.8, 4) is 11.4 Å². The minimum atomic E-state index is -0.265. The molecule has 0 aliphatic rings. The predicted octanol–water partition coefficient (Wildman–Crippen LogP) is 4.83. The highest BCUT2D eigenvalue weighted by atomic mass is 16.5. The molecule has 0 radical (unpaired) electrons. The maximum atomic E-state index is 12.0. The molecule has 1 heterocycles. The topological polar surface area (TPSA) is 52.1 Å². The molecule has 1 aromatic carbocycles. The lowest BCUT2D eigenvalue weighted by atomic mass is 10.1. The number of benzene rings is 1. The smallest absolute Gasteiger partial charge is 0.338 e. The van der Waals surface area contributed by atoms with Crippen LogP contribution in [-0.4, -0.2) is 22.5 Å². The van der Waals surface area contributed by atoms with E-state index < -0.39 is 0 Å². The molecular formula is C20H26N2O2. The summed E-state index contributed by atoms with van der Waals surface area (Å²) in [7, 11) is 0. The van der Waals surface area contributed by atoms with Gasteiger partial charge >= 0.3 is 5.97 Å². The Morgan fingerprint density at radius 2 is 1.62 bits per heavy atom. The number of hydrogen-bond donors (Lipinski definition) is 0. The highest BCUT2D eigenvalue weighted by Crippen LogP contribution is 2.16. The summed E-state index contributed by atoms with van der Waals surface area (Å²) in [6.45, 7) is 4.75. The molecule has 0 saturated carbocycles. The molecule has 0 aliphatic carbocycles. The number of aryl methyl sites for hydroxylation is 1. The number of ether oxygens (including phenoxy) is 1. The SMILES string of the molecule is CCCCCCCOC(=O)c1ccc(-c2ncc(CC)cn2)cc1. The molecule has 0 N–H and O–H groups in total. The normalized spacial score (nSPS) is 10.6. The molecular weight excluding hydrogens is 300 g/mol. The molecule has 2 rings (SSSR count). The number of aromatic nitrogens is 2. The molecule has 0 saturated heterocycles. The molecule has 2 aromatic rings. The molecule has 0 spiro atoms. The van der Waals surface area contributed by atoms with Gasteiger partial charge in [0.15, 0.2) is 5.82 Å². The molecule has 1 aromatic heterocycles. The molecule has 128 valence electrons. The van der Waals surface area contributed by atoms with Gasteiger partial charge in [-0.1, -0.05) is 51.7 Å². The van der Waals surface area contributed by atoms with Gasteiger partial charge in [0.25, 0.3) is 0 Å². The van der Waals surface area contributed by atoms with E-state index in [2.05, 4.69) is 23.8 Å². The molecule has 0 aliphatic heterocycles. The van der Waals surface area contributed by atoms with Gasteiger partial charge in [-0.05, 0) is 30.5 Å². The Morgan fingerprint density at radius 1 is 0.958 bits per heavy atom. The van der Waals surface area contributed by atoms with Crippen LogP contribution in [0.4, 0.5) is 0 Å². The Labute approximate surface area is 144 Å². The van der Waals surface area contributed by atoms with Gasteiger partial charge in [-0.2, -0.15) is 0 Å². The van der Waals surface area contributed by atoms with Crippen molar-refractivity contribution in [2.24, 2.45) is 0 Å². The Balaban J connectivity index is 1.85. The third-order valence-corrected chi connectivity index (χ3v) is 3.97. The van der Waals surface area contributed by atoms with Crippen molar-refractivity contribution in [1.29, 1.82) is 0 Å². The Morgan fingerprint density at radius 3 is 2.25 bits per heavy atom. The van der Waals surface area contributed by atoms with Crippen LogP contribution in [0.15, 0.2) is 36.7 Å². The number of hydrogen-bond acceptors (Lipinski definition) is 4. The lowest BCUT2D eigenvalue weighted by Crippen LogP contribution is -2.06. The van der Waals surface area contributed by atoms with E-state index >= 15 is 0 Å². The molecule has 0 bridgehead atoms. The predicted molar refractivity (Wildman–Crippen MR) is 95.9 cm³/mol. The number of unbranched alkanes of at least 4 members (excludes halogenated alkanes) is 4. The zero-order valence-corrected chi connectivity index (χ0v) is 14.6. The van der Waals surface area contributed by atoms with Gasteiger partial charge in [-0.15, -0.1) is 0 Å². The number of esters is 1. The maximum absolute atomic E-state index is 12.0. The summed E-state index contributed by atoms with van der Waals surface area (Å²) in [4.78, 5) is 20.7. The second-order valence-electron chi connectivity index (χ2n) is 5.90. The van der Waals surface area contributed by atoms with Gasteiger partial charge in [0.2, 0.25) is 0 Å². The molecule has 4 heteroatoms. The lowest BCUT2D eigenvalue weighted by molar-refractivity contribution is 0.0497. The van der Waals surface area contributed by atoms with Gasteiger partial charge in [0, 0.05) is 18.0 Å². The summed E-state index contributed by atoms with van der Waals surface area (Å²) in [5, 5.41) is 0. The van der Waals surface area contributed by atoms with E-state index in [1.165, 1.54) is 19.3 Å². The van der Waals surface area contributed by atoms with Crippen molar-refractivity contribution < 1.29 is 9.53 Å². The second kappa shape index (κ2) is 9.81. The van der Waals surface area contributed by atoms with Crippen molar-refractivity contribution >= 4 is 5.97 Å². The van der Waals surface area contributed by atoms with Crippen LogP contribution in [0, 0.1) is 0 Å². The van der Waals surface area contributed by atoms with E-state index in [1.54, 1.807) is 12.1 Å². The van der Waals surface area contributed by atoms with Crippen LogP contribution < -0.4 is 0 Å². The van der Waals surface area contributed by atoms with Gasteiger partial charge < -0.3 is 4.74 Å². The molecule has 4 nitrogen and oxygen atoms in total. The maximum Gasteiger partial charge on any atom is 0.338 e. The van der Waals surface area contributed by atoms with Crippen LogP contribution in [0.3, 0.4) is 0 Å². The van der Waals surface area contributed by atoms with Gasteiger partial charge in [-0.3, -0.25) is 0 Å². The van der Waals surface area contributed by atoms with E-state index in [9.17, 15) is 4.79 Å². The first kappa shape index (κ1) is 18.1. The largest absolute Gasteiger partial charge is 0.462 e. The molecule has 24 heavy (non-hydrogen) atoms. The standard InChI is InChI=1S/C20H26N2O2/c1-3-5-6-7-8-13-24-20(23)18-11-9-17(10-12-18)19-21-14-16(4-2)15-22-19/h9-12,14-15H,3-8,13H2,1-2H3. The summed E-state index contributed by atoms with van der Waals surface area (Å²) in [6, 6.07) is 7.26. The van der Waals surface area contributed by atoms with E-state index in [-0.39, 0.29) is 5.97 Å². The Kier molecular flexibility index (Phi) is 7.40. The molecule has 0 unspecified atom stereocenters. The van der Waals surface area contributed by atoms with Crippen LogP contribution in [-0.2, 0) is 11.2 Å². The van der Waals surface area contributed by atoms with E-state index in [0.717, 1.165) is 30.4 Å². The van der Waals surface area contributed by atoms with Crippen LogP contribution in [0.25, 0.3) is 11.4 Å². The van der Waals surface area contributed by atoms with Crippen LogP contribution in [0.5, 0.6) is 0 Å². The number of carbonyl (C=O) groups is 1. The van der Waals surface area contributed by atoms with Gasteiger partial charge in [0.1, 0.15) is 0 Å². The zero-order valence-electron chi connectivity index (χ0n) is 14.6. The minimum Gasteiger partial charge on any atom is -0.462 e. The Bertz CT molecular complexity index is 621. The Hall–Kier alpha value is -2.23. The second-order valence-corrected chi connectivity index (χ2v) is 5.90.